The molecule has 0 saturated heterocycles. The quantitative estimate of drug-likeness (QED) is 0.0320. The van der Waals surface area contributed by atoms with Crippen LogP contribution in [0.2, 0.25) is 0 Å². The van der Waals surface area contributed by atoms with Gasteiger partial charge in [-0.3, -0.25) is 9.59 Å². The molecule has 0 aromatic heterocycles. The maximum Gasteiger partial charge on any atom is 0.305 e. The molecule has 0 aliphatic carbocycles. The van der Waals surface area contributed by atoms with Gasteiger partial charge in [-0.2, -0.15) is 0 Å². The molecule has 1 amide bonds. The highest BCUT2D eigenvalue weighted by Crippen LogP contribution is 2.19. The first-order valence-corrected chi connectivity index (χ1v) is 36.1. The summed E-state index contributed by atoms with van der Waals surface area (Å²) < 4.78 is 5.51. The Morgan fingerprint density at radius 2 is 0.595 bits per heavy atom. The fourth-order valence-corrected chi connectivity index (χ4v) is 11.5. The van der Waals surface area contributed by atoms with Gasteiger partial charge in [-0.05, 0) is 57.8 Å². The minimum absolute atomic E-state index is 0.0134. The molecule has 0 bridgehead atoms. The van der Waals surface area contributed by atoms with Crippen LogP contribution in [0.5, 0.6) is 0 Å². The number of aliphatic hydroxyl groups excluding tert-OH is 2. The van der Waals surface area contributed by atoms with Crippen molar-refractivity contribution in [3.8, 4) is 0 Å². The Morgan fingerprint density at radius 3 is 0.899 bits per heavy atom. The van der Waals surface area contributed by atoms with Crippen molar-refractivity contribution in [1.82, 2.24) is 5.32 Å². The van der Waals surface area contributed by atoms with Crippen LogP contribution in [0.15, 0.2) is 24.3 Å². The number of unbranched alkanes of at least 4 members (excludes halogenated alkanes) is 55. The molecule has 2 unspecified atom stereocenters. The van der Waals surface area contributed by atoms with E-state index in [1.807, 2.05) is 6.08 Å². The van der Waals surface area contributed by atoms with Crippen LogP contribution in [0.1, 0.15) is 406 Å². The molecule has 3 N–H and O–H groups in total. The van der Waals surface area contributed by atoms with E-state index in [2.05, 4.69) is 31.3 Å². The molecule has 468 valence electrons. The van der Waals surface area contributed by atoms with Crippen LogP contribution >= 0.6 is 0 Å². The molecular formula is C73H141NO5. The number of carbonyl (C=O) groups is 2. The lowest BCUT2D eigenvalue weighted by molar-refractivity contribution is -0.143. The van der Waals surface area contributed by atoms with Gasteiger partial charge in [0.25, 0.3) is 0 Å². The zero-order chi connectivity index (χ0) is 57.1. The second kappa shape index (κ2) is 68.8. The van der Waals surface area contributed by atoms with E-state index in [1.165, 1.54) is 334 Å². The van der Waals surface area contributed by atoms with E-state index < -0.39 is 12.1 Å². The molecule has 0 aliphatic rings. The third kappa shape index (κ3) is 65.4. The van der Waals surface area contributed by atoms with Crippen LogP contribution in [0.3, 0.4) is 0 Å². The van der Waals surface area contributed by atoms with Crippen LogP contribution in [-0.4, -0.2) is 47.4 Å². The SMILES string of the molecule is CCCCCCCCCCCCCCCCCCCCCC/C=C/C(O)C(CO)NC(=O)CCCCCCCCC/C=C\CCCCCCCCCCCCOC(=O)CCCCCCCCCCCCCCCCCCCCC. The summed E-state index contributed by atoms with van der Waals surface area (Å²) in [5, 5.41) is 23.3. The minimum atomic E-state index is -0.851. The summed E-state index contributed by atoms with van der Waals surface area (Å²) in [4.78, 5) is 24.6. The number of rotatable bonds is 68. The average molecular weight is 1110 g/mol. The Hall–Kier alpha value is -1.66. The zero-order valence-corrected chi connectivity index (χ0v) is 53.6. The van der Waals surface area contributed by atoms with Crippen LogP contribution in [0.4, 0.5) is 0 Å². The Labute approximate surface area is 494 Å². The van der Waals surface area contributed by atoms with Crippen molar-refractivity contribution >= 4 is 11.9 Å². The molecule has 79 heavy (non-hydrogen) atoms. The largest absolute Gasteiger partial charge is 0.466 e. The Morgan fingerprint density at radius 1 is 0.342 bits per heavy atom. The highest BCUT2D eigenvalue weighted by atomic mass is 16.5. The number of hydrogen-bond acceptors (Lipinski definition) is 5. The van der Waals surface area contributed by atoms with Gasteiger partial charge in [-0.15, -0.1) is 0 Å². The highest BCUT2D eigenvalue weighted by molar-refractivity contribution is 5.76. The molecule has 0 aromatic rings. The van der Waals surface area contributed by atoms with E-state index in [4.69, 9.17) is 4.74 Å². The molecule has 0 radical (unpaired) electrons. The smallest absolute Gasteiger partial charge is 0.305 e. The van der Waals surface area contributed by atoms with Crippen LogP contribution in [0.25, 0.3) is 0 Å². The molecule has 0 spiro atoms. The number of amides is 1. The minimum Gasteiger partial charge on any atom is -0.466 e. The van der Waals surface area contributed by atoms with E-state index in [9.17, 15) is 19.8 Å². The van der Waals surface area contributed by atoms with Gasteiger partial charge in [0.15, 0.2) is 0 Å². The summed E-state index contributed by atoms with van der Waals surface area (Å²) in [5.74, 6) is -0.0581. The van der Waals surface area contributed by atoms with Crippen molar-refractivity contribution in [2.75, 3.05) is 13.2 Å². The van der Waals surface area contributed by atoms with Crippen LogP contribution in [-0.2, 0) is 14.3 Å². The van der Waals surface area contributed by atoms with Crippen LogP contribution in [0, 0.1) is 0 Å². The number of hydrogen-bond donors (Lipinski definition) is 3. The van der Waals surface area contributed by atoms with Crippen molar-refractivity contribution in [3.63, 3.8) is 0 Å². The Bertz CT molecular complexity index is 1230. The van der Waals surface area contributed by atoms with Crippen molar-refractivity contribution in [3.05, 3.63) is 24.3 Å². The van der Waals surface area contributed by atoms with Gasteiger partial charge in [-0.1, -0.05) is 359 Å². The van der Waals surface area contributed by atoms with E-state index in [1.54, 1.807) is 6.08 Å². The lowest BCUT2D eigenvalue weighted by Crippen LogP contribution is -2.45. The number of carbonyl (C=O) groups excluding carboxylic acids is 2. The van der Waals surface area contributed by atoms with Crippen molar-refractivity contribution in [2.24, 2.45) is 0 Å². The number of allylic oxidation sites excluding steroid dienone is 3. The normalized spacial score (nSPS) is 12.6. The summed E-state index contributed by atoms with van der Waals surface area (Å²) in [6, 6.07) is -0.635. The van der Waals surface area contributed by atoms with Gasteiger partial charge < -0.3 is 20.3 Å². The third-order valence-corrected chi connectivity index (χ3v) is 17.0. The van der Waals surface area contributed by atoms with E-state index in [0.29, 0.717) is 19.4 Å². The van der Waals surface area contributed by atoms with Gasteiger partial charge in [0.05, 0.1) is 25.4 Å². The maximum absolute atomic E-state index is 12.5. The monoisotopic (exact) mass is 1110 g/mol. The van der Waals surface area contributed by atoms with E-state index in [-0.39, 0.29) is 18.5 Å². The van der Waals surface area contributed by atoms with E-state index in [0.717, 1.165) is 44.9 Å². The fourth-order valence-electron chi connectivity index (χ4n) is 11.5. The molecule has 0 aromatic carbocycles. The van der Waals surface area contributed by atoms with Gasteiger partial charge >= 0.3 is 5.97 Å². The predicted octanol–water partition coefficient (Wildman–Crippen LogP) is 23.3. The standard InChI is InChI=1S/C73H141NO5/c1-3-5-7-9-11-13-15-17-19-21-23-24-26-30-33-37-41-45-49-53-57-61-65-71(76)70(69-75)74-72(77)66-62-58-54-50-46-42-38-34-31-27-25-28-32-36-40-44-48-52-56-60-64-68-79-73(78)67-63-59-55-51-47-43-39-35-29-22-20-18-16-14-12-10-8-6-4-2/h27,31,61,65,70-71,75-76H,3-26,28-30,32-60,62-64,66-69H2,1-2H3,(H,74,77)/b31-27-,65-61+. The molecule has 2 atom stereocenters. The van der Waals surface area contributed by atoms with Gasteiger partial charge in [0, 0.05) is 12.8 Å². The van der Waals surface area contributed by atoms with Gasteiger partial charge in [0.1, 0.15) is 0 Å². The number of esters is 1. The topological polar surface area (TPSA) is 95.9 Å². The maximum atomic E-state index is 12.5. The summed E-state index contributed by atoms with van der Waals surface area (Å²) in [5.41, 5.74) is 0. The molecular weight excluding hydrogens is 971 g/mol. The number of nitrogens with one attached hydrogen (secondary N) is 1. The summed E-state index contributed by atoms with van der Waals surface area (Å²) in [7, 11) is 0. The van der Waals surface area contributed by atoms with Crippen molar-refractivity contribution in [1.29, 1.82) is 0 Å². The first kappa shape index (κ1) is 77.3. The van der Waals surface area contributed by atoms with E-state index >= 15 is 0 Å². The molecule has 6 nitrogen and oxygen atoms in total. The highest BCUT2D eigenvalue weighted by Gasteiger charge is 2.18. The molecule has 0 aliphatic heterocycles. The molecule has 0 fully saturated rings. The Kier molecular flexibility index (Phi) is 67.4. The lowest BCUT2D eigenvalue weighted by atomic mass is 10.0. The van der Waals surface area contributed by atoms with Gasteiger partial charge in [-0.25, -0.2) is 0 Å². The van der Waals surface area contributed by atoms with Crippen molar-refractivity contribution in [2.45, 2.75) is 418 Å². The average Bonchev–Trinajstić information content (AvgIpc) is 3.45. The second-order valence-electron chi connectivity index (χ2n) is 24.9. The third-order valence-electron chi connectivity index (χ3n) is 17.0. The van der Waals surface area contributed by atoms with Crippen LogP contribution < -0.4 is 5.32 Å². The predicted molar refractivity (Wildman–Crippen MR) is 347 cm³/mol. The van der Waals surface area contributed by atoms with Crippen molar-refractivity contribution < 1.29 is 24.5 Å². The second-order valence-corrected chi connectivity index (χ2v) is 24.9. The first-order chi connectivity index (χ1) is 39.0. The molecule has 6 heteroatoms. The summed E-state index contributed by atoms with van der Waals surface area (Å²) in [6.07, 6.45) is 86.8. The first-order valence-electron chi connectivity index (χ1n) is 36.1. The summed E-state index contributed by atoms with van der Waals surface area (Å²) in [6.45, 7) is 4.94. The molecule has 0 saturated carbocycles. The molecule has 0 rings (SSSR count). The number of aliphatic hydroxyl groups is 2. The summed E-state index contributed by atoms with van der Waals surface area (Å²) >= 11 is 0. The Balaban J connectivity index is 3.42. The fraction of sp³-hybridized carbons (Fsp3) is 0.918. The zero-order valence-electron chi connectivity index (χ0n) is 53.6. The molecule has 0 heterocycles. The number of ether oxygens (including phenoxy) is 1. The lowest BCUT2D eigenvalue weighted by Gasteiger charge is -2.20. The van der Waals surface area contributed by atoms with Gasteiger partial charge in [0.2, 0.25) is 5.91 Å².